The zero-order chi connectivity index (χ0) is 24.0. The Bertz CT molecular complexity index is 1250. The molecule has 1 heterocycles. The summed E-state index contributed by atoms with van der Waals surface area (Å²) in [5.41, 5.74) is 4.59. The van der Waals surface area contributed by atoms with Gasteiger partial charge in [0.15, 0.2) is 11.0 Å². The summed E-state index contributed by atoms with van der Waals surface area (Å²) in [6.07, 6.45) is 3.72. The smallest absolute Gasteiger partial charge is 0.223 e. The van der Waals surface area contributed by atoms with Gasteiger partial charge in [-0.1, -0.05) is 96.5 Å². The zero-order valence-corrected chi connectivity index (χ0v) is 20.7. The summed E-state index contributed by atoms with van der Waals surface area (Å²) in [6, 6.07) is 28.8. The van der Waals surface area contributed by atoms with Crippen molar-refractivity contribution in [2.24, 2.45) is 5.92 Å². The number of amides is 1. The van der Waals surface area contributed by atoms with Crippen LogP contribution in [0.2, 0.25) is 0 Å². The minimum absolute atomic E-state index is 0.107. The Morgan fingerprint density at radius 1 is 0.943 bits per heavy atom. The van der Waals surface area contributed by atoms with Crippen molar-refractivity contribution < 1.29 is 4.79 Å². The van der Waals surface area contributed by atoms with Crippen LogP contribution in [-0.2, 0) is 17.0 Å². The van der Waals surface area contributed by atoms with Crippen molar-refractivity contribution in [3.63, 3.8) is 0 Å². The molecule has 0 spiro atoms. The lowest BCUT2D eigenvalue weighted by molar-refractivity contribution is -0.128. The molecule has 0 aliphatic heterocycles. The first-order chi connectivity index (χ1) is 17.2. The zero-order valence-electron chi connectivity index (χ0n) is 19.9. The molecule has 1 aromatic heterocycles. The minimum atomic E-state index is -0.273. The molecule has 1 atom stereocenters. The number of hydrogen-bond acceptors (Lipinski definition) is 4. The fraction of sp³-hybridized carbons (Fsp3) is 0.276. The predicted octanol–water partition coefficient (Wildman–Crippen LogP) is 6.07. The highest BCUT2D eigenvalue weighted by molar-refractivity contribution is 7.98. The second-order valence-electron chi connectivity index (χ2n) is 9.16. The van der Waals surface area contributed by atoms with E-state index in [-0.39, 0.29) is 17.9 Å². The first-order valence-corrected chi connectivity index (χ1v) is 13.2. The highest BCUT2D eigenvalue weighted by Gasteiger charge is 2.30. The number of nitrogens with zero attached hydrogens (tertiary/aromatic N) is 3. The van der Waals surface area contributed by atoms with E-state index in [9.17, 15) is 4.79 Å². The number of nitrogens with one attached hydrogen (secondary N) is 1. The Kier molecular flexibility index (Phi) is 7.28. The molecular formula is C29H30N4OS. The van der Waals surface area contributed by atoms with E-state index in [0.29, 0.717) is 6.42 Å². The van der Waals surface area contributed by atoms with Crippen LogP contribution in [0.5, 0.6) is 0 Å². The summed E-state index contributed by atoms with van der Waals surface area (Å²) in [7, 11) is 0. The van der Waals surface area contributed by atoms with E-state index in [2.05, 4.69) is 87.7 Å². The van der Waals surface area contributed by atoms with Gasteiger partial charge < -0.3 is 5.32 Å². The molecule has 35 heavy (non-hydrogen) atoms. The molecule has 0 saturated heterocycles. The number of thioether (sulfide) groups is 1. The minimum Gasteiger partial charge on any atom is -0.345 e. The number of aryl methyl sites for hydroxylation is 1. The van der Waals surface area contributed by atoms with Crippen molar-refractivity contribution >= 4 is 17.7 Å². The first kappa shape index (κ1) is 23.4. The van der Waals surface area contributed by atoms with E-state index in [1.807, 2.05) is 24.3 Å². The van der Waals surface area contributed by atoms with Crippen LogP contribution in [0.4, 0.5) is 0 Å². The van der Waals surface area contributed by atoms with Crippen LogP contribution < -0.4 is 5.32 Å². The standard InChI is InChI=1S/C29H30N4OS/c1-21-15-17-25(18-16-21)33-27(31-32-29(33)35-20-23-11-6-3-7-12-23)26(19-22-9-4-2-5-10-22)30-28(34)24-13-8-14-24/h2-7,9-12,15-18,24,26H,8,13-14,19-20H2,1H3,(H,30,34). The van der Waals surface area contributed by atoms with Crippen LogP contribution in [0, 0.1) is 12.8 Å². The van der Waals surface area contributed by atoms with E-state index >= 15 is 0 Å². The molecule has 1 unspecified atom stereocenters. The number of carbonyl (C=O) groups is 1. The van der Waals surface area contributed by atoms with Gasteiger partial charge in [-0.15, -0.1) is 10.2 Å². The van der Waals surface area contributed by atoms with Crippen molar-refractivity contribution in [2.45, 2.75) is 49.6 Å². The number of hydrogen-bond donors (Lipinski definition) is 1. The number of carbonyl (C=O) groups excluding carboxylic acids is 1. The first-order valence-electron chi connectivity index (χ1n) is 12.2. The summed E-state index contributed by atoms with van der Waals surface area (Å²) in [6.45, 7) is 2.08. The van der Waals surface area contributed by atoms with Gasteiger partial charge in [-0.2, -0.15) is 0 Å². The van der Waals surface area contributed by atoms with Crippen LogP contribution in [0.15, 0.2) is 90.1 Å². The van der Waals surface area contributed by atoms with E-state index in [1.54, 1.807) is 11.8 Å². The maximum atomic E-state index is 13.0. The van der Waals surface area contributed by atoms with Crippen LogP contribution in [0.1, 0.15) is 47.8 Å². The van der Waals surface area contributed by atoms with Crippen molar-refractivity contribution in [2.75, 3.05) is 0 Å². The molecule has 3 aromatic carbocycles. The van der Waals surface area contributed by atoms with Crippen molar-refractivity contribution in [1.82, 2.24) is 20.1 Å². The van der Waals surface area contributed by atoms with Gasteiger partial charge in [-0.3, -0.25) is 9.36 Å². The second-order valence-corrected chi connectivity index (χ2v) is 10.1. The average molecular weight is 483 g/mol. The van der Waals surface area contributed by atoms with Gasteiger partial charge in [0.2, 0.25) is 5.91 Å². The van der Waals surface area contributed by atoms with Crippen molar-refractivity contribution in [3.8, 4) is 5.69 Å². The summed E-state index contributed by atoms with van der Waals surface area (Å²) in [4.78, 5) is 13.0. The maximum absolute atomic E-state index is 13.0. The third-order valence-electron chi connectivity index (χ3n) is 6.55. The van der Waals surface area contributed by atoms with Gasteiger partial charge in [0.1, 0.15) is 0 Å². The summed E-state index contributed by atoms with van der Waals surface area (Å²) < 4.78 is 2.11. The molecule has 1 aliphatic rings. The van der Waals surface area contributed by atoms with Gasteiger partial charge in [-0.05, 0) is 49.4 Å². The van der Waals surface area contributed by atoms with E-state index in [1.165, 1.54) is 11.1 Å². The van der Waals surface area contributed by atoms with Gasteiger partial charge >= 0.3 is 0 Å². The third-order valence-corrected chi connectivity index (χ3v) is 7.55. The van der Waals surface area contributed by atoms with Gasteiger partial charge in [0.25, 0.3) is 0 Å². The van der Waals surface area contributed by atoms with Crippen LogP contribution in [-0.4, -0.2) is 20.7 Å². The van der Waals surface area contributed by atoms with Gasteiger partial charge in [0.05, 0.1) is 6.04 Å². The molecular weight excluding hydrogens is 452 g/mol. The lowest BCUT2D eigenvalue weighted by atomic mass is 9.84. The molecule has 1 amide bonds. The molecule has 0 radical (unpaired) electrons. The van der Waals surface area contributed by atoms with E-state index in [0.717, 1.165) is 47.2 Å². The van der Waals surface area contributed by atoms with Gasteiger partial charge in [-0.25, -0.2) is 0 Å². The molecule has 1 aliphatic carbocycles. The summed E-state index contributed by atoms with van der Waals surface area (Å²) >= 11 is 1.66. The molecule has 1 saturated carbocycles. The average Bonchev–Trinajstić information content (AvgIpc) is 3.27. The molecule has 1 N–H and O–H groups in total. The van der Waals surface area contributed by atoms with Gasteiger partial charge in [0, 0.05) is 17.4 Å². The summed E-state index contributed by atoms with van der Waals surface area (Å²) in [5.74, 6) is 1.79. The second kappa shape index (κ2) is 10.9. The molecule has 1 fully saturated rings. The Hall–Kier alpha value is -3.38. The highest BCUT2D eigenvalue weighted by atomic mass is 32.2. The number of rotatable bonds is 9. The Morgan fingerprint density at radius 3 is 2.23 bits per heavy atom. The Labute approximate surface area is 211 Å². The van der Waals surface area contributed by atoms with Crippen LogP contribution in [0.3, 0.4) is 0 Å². The lowest BCUT2D eigenvalue weighted by Gasteiger charge is -2.27. The number of benzene rings is 3. The van der Waals surface area contributed by atoms with Crippen LogP contribution >= 0.6 is 11.8 Å². The monoisotopic (exact) mass is 482 g/mol. The lowest BCUT2D eigenvalue weighted by Crippen LogP contribution is -2.38. The predicted molar refractivity (Wildman–Crippen MR) is 140 cm³/mol. The highest BCUT2D eigenvalue weighted by Crippen LogP contribution is 2.31. The van der Waals surface area contributed by atoms with Crippen molar-refractivity contribution in [1.29, 1.82) is 0 Å². The van der Waals surface area contributed by atoms with E-state index < -0.39 is 0 Å². The largest absolute Gasteiger partial charge is 0.345 e. The maximum Gasteiger partial charge on any atom is 0.223 e. The fourth-order valence-electron chi connectivity index (χ4n) is 4.28. The Balaban J connectivity index is 1.51. The van der Waals surface area contributed by atoms with Crippen molar-refractivity contribution in [3.05, 3.63) is 107 Å². The molecule has 0 bridgehead atoms. The molecule has 178 valence electrons. The van der Waals surface area contributed by atoms with E-state index in [4.69, 9.17) is 0 Å². The quantitative estimate of drug-likeness (QED) is 0.294. The third kappa shape index (κ3) is 5.65. The normalized spacial score (nSPS) is 14.3. The molecule has 5 nitrogen and oxygen atoms in total. The molecule has 5 rings (SSSR count). The number of aromatic nitrogens is 3. The molecule has 4 aromatic rings. The topological polar surface area (TPSA) is 59.8 Å². The van der Waals surface area contributed by atoms with Crippen LogP contribution in [0.25, 0.3) is 5.69 Å². The SMILES string of the molecule is Cc1ccc(-n2c(SCc3ccccc3)nnc2C(Cc2ccccc2)NC(=O)C2CCC2)cc1. The fourth-order valence-corrected chi connectivity index (χ4v) is 5.19. The Morgan fingerprint density at radius 2 is 1.60 bits per heavy atom. The molecule has 6 heteroatoms. The summed E-state index contributed by atoms with van der Waals surface area (Å²) in [5, 5.41) is 13.4.